The van der Waals surface area contributed by atoms with Crippen LogP contribution < -0.4 is 9.47 Å². The number of aromatic nitrogens is 1. The molecule has 0 aliphatic rings. The van der Waals surface area contributed by atoms with Crippen molar-refractivity contribution in [2.45, 2.75) is 103 Å². The van der Waals surface area contributed by atoms with Crippen molar-refractivity contribution in [2.75, 3.05) is 6.61 Å². The zero-order valence-electron chi connectivity index (χ0n) is 26.8. The topological polar surface area (TPSA) is 74.7 Å². The van der Waals surface area contributed by atoms with Gasteiger partial charge in [-0.25, -0.2) is 18.4 Å². The van der Waals surface area contributed by atoms with Gasteiger partial charge in [0.25, 0.3) is 0 Å². The van der Waals surface area contributed by atoms with E-state index in [9.17, 15) is 31.5 Å². The van der Waals surface area contributed by atoms with Gasteiger partial charge in [0.1, 0.15) is 11.6 Å². The van der Waals surface area contributed by atoms with Crippen LogP contribution >= 0.6 is 0 Å². The molecule has 1 atom stereocenters. The average Bonchev–Trinajstić information content (AvgIpc) is 3.04. The number of halogens is 5. The van der Waals surface area contributed by atoms with Crippen LogP contribution in [0.5, 0.6) is 11.5 Å². The molecule has 1 heterocycles. The predicted molar refractivity (Wildman–Crippen MR) is 168 cm³/mol. The quantitative estimate of drug-likeness (QED) is 0.0550. The number of hydrogen-bond acceptors (Lipinski definition) is 6. The maximum atomic E-state index is 14.7. The largest absolute Gasteiger partial charge is 0.491 e. The Bertz CT molecular complexity index is 1430. The van der Waals surface area contributed by atoms with Crippen LogP contribution in [0.25, 0.3) is 11.3 Å². The summed E-state index contributed by atoms with van der Waals surface area (Å²) in [4.78, 5) is 29.2. The van der Waals surface area contributed by atoms with Crippen LogP contribution in [-0.2, 0) is 4.74 Å². The first kappa shape index (κ1) is 37.4. The van der Waals surface area contributed by atoms with Crippen LogP contribution in [0.1, 0.15) is 112 Å². The average molecular weight is 664 g/mol. The smallest absolute Gasteiger partial charge is 0.425 e. The number of ether oxygens (including phenoxy) is 3. The van der Waals surface area contributed by atoms with E-state index in [0.717, 1.165) is 44.2 Å². The summed E-state index contributed by atoms with van der Waals surface area (Å²) in [5, 5.41) is 0. The second-order valence-corrected chi connectivity index (χ2v) is 11.4. The van der Waals surface area contributed by atoms with E-state index in [4.69, 9.17) is 9.47 Å². The molecule has 0 aliphatic carbocycles. The van der Waals surface area contributed by atoms with Crippen molar-refractivity contribution >= 4 is 11.9 Å². The maximum absolute atomic E-state index is 14.7. The summed E-state index contributed by atoms with van der Waals surface area (Å²) in [6, 6.07) is 10.0. The zero-order valence-corrected chi connectivity index (χ0v) is 26.8. The van der Waals surface area contributed by atoms with Gasteiger partial charge in [-0.3, -0.25) is 4.98 Å². The van der Waals surface area contributed by atoms with Crippen molar-refractivity contribution in [2.24, 2.45) is 0 Å². The summed E-state index contributed by atoms with van der Waals surface area (Å²) in [7, 11) is 0. The Kier molecular flexibility index (Phi) is 15.1. The van der Waals surface area contributed by atoms with E-state index in [2.05, 4.69) is 16.6 Å². The van der Waals surface area contributed by atoms with Gasteiger partial charge in [0.15, 0.2) is 17.7 Å². The monoisotopic (exact) mass is 663 g/mol. The molecule has 1 aromatic heterocycles. The summed E-state index contributed by atoms with van der Waals surface area (Å²) in [5.74, 6) is -4.25. The van der Waals surface area contributed by atoms with Crippen molar-refractivity contribution in [1.82, 2.24) is 4.98 Å². The molecule has 1 unspecified atom stereocenters. The molecule has 3 rings (SSSR count). The lowest BCUT2D eigenvalue weighted by molar-refractivity contribution is -0.206. The summed E-state index contributed by atoms with van der Waals surface area (Å²) in [5.41, 5.74) is 0.128. The Morgan fingerprint density at radius 1 is 0.766 bits per heavy atom. The lowest BCUT2D eigenvalue weighted by Gasteiger charge is -2.21. The van der Waals surface area contributed by atoms with E-state index >= 15 is 0 Å². The van der Waals surface area contributed by atoms with Crippen LogP contribution in [0.3, 0.4) is 0 Å². The van der Waals surface area contributed by atoms with Gasteiger partial charge in [-0.1, -0.05) is 71.6 Å². The standard InChI is InChI=1S/C36H42F5NO5/c1-3-5-7-9-10-11-13-21-45-32-20-16-25(22-30(32)38)31-19-15-26(24-42-31)34(43)46-27-17-18-28(29(37)23-27)35(44)47-33(36(39,40)41)14-12-8-6-4-2/h15-20,22-24,33H,3-14,21H2,1-2H3. The number of hydrogen-bond donors (Lipinski definition) is 0. The van der Waals surface area contributed by atoms with Crippen LogP contribution in [-0.4, -0.2) is 35.8 Å². The molecule has 0 saturated carbocycles. The second kappa shape index (κ2) is 19.0. The van der Waals surface area contributed by atoms with Crippen molar-refractivity contribution in [3.8, 4) is 22.8 Å². The van der Waals surface area contributed by atoms with Gasteiger partial charge in [0, 0.05) is 17.8 Å². The third-order valence-electron chi connectivity index (χ3n) is 7.54. The van der Waals surface area contributed by atoms with Gasteiger partial charge in [0.05, 0.1) is 23.4 Å². The van der Waals surface area contributed by atoms with Crippen molar-refractivity contribution in [1.29, 1.82) is 0 Å². The number of pyridine rings is 1. The van der Waals surface area contributed by atoms with Crippen LogP contribution in [0.2, 0.25) is 0 Å². The molecule has 0 saturated heterocycles. The highest BCUT2D eigenvalue weighted by atomic mass is 19.4. The molecule has 11 heteroatoms. The zero-order chi connectivity index (χ0) is 34.2. The fourth-order valence-electron chi connectivity index (χ4n) is 4.83. The molecule has 0 radical (unpaired) electrons. The summed E-state index contributed by atoms with van der Waals surface area (Å²) in [6.45, 7) is 4.51. The van der Waals surface area contributed by atoms with E-state index in [1.54, 1.807) is 6.07 Å². The third-order valence-corrected chi connectivity index (χ3v) is 7.54. The van der Waals surface area contributed by atoms with Crippen LogP contribution in [0.15, 0.2) is 54.7 Å². The van der Waals surface area contributed by atoms with E-state index in [1.807, 2.05) is 6.92 Å². The molecule has 47 heavy (non-hydrogen) atoms. The van der Waals surface area contributed by atoms with Crippen LogP contribution in [0, 0.1) is 11.6 Å². The Hall–Kier alpha value is -4.02. The molecule has 0 fully saturated rings. The fraction of sp³-hybridized carbons (Fsp3) is 0.472. The molecule has 256 valence electrons. The Morgan fingerprint density at radius 3 is 2.06 bits per heavy atom. The molecule has 0 N–H and O–H groups in total. The van der Waals surface area contributed by atoms with Gasteiger partial charge >= 0.3 is 18.1 Å². The number of rotatable bonds is 19. The third kappa shape index (κ3) is 12.3. The maximum Gasteiger partial charge on any atom is 0.425 e. The highest BCUT2D eigenvalue weighted by Gasteiger charge is 2.42. The lowest BCUT2D eigenvalue weighted by Crippen LogP contribution is -2.34. The number of esters is 2. The molecule has 0 aliphatic heterocycles. The molecule has 6 nitrogen and oxygen atoms in total. The Morgan fingerprint density at radius 2 is 1.45 bits per heavy atom. The van der Waals surface area contributed by atoms with Gasteiger partial charge in [-0.05, 0) is 61.7 Å². The molecular formula is C36H42F5NO5. The van der Waals surface area contributed by atoms with E-state index in [-0.39, 0.29) is 23.5 Å². The van der Waals surface area contributed by atoms with Crippen molar-refractivity contribution in [3.63, 3.8) is 0 Å². The molecular weight excluding hydrogens is 621 g/mol. The van der Waals surface area contributed by atoms with Gasteiger partial charge in [0.2, 0.25) is 0 Å². The van der Waals surface area contributed by atoms with Gasteiger partial charge < -0.3 is 14.2 Å². The SMILES string of the molecule is CCCCCCCCCOc1ccc(-c2ccc(C(=O)Oc3ccc(C(=O)OC(CCCCCC)C(F)(F)F)c(F)c3)cn2)cc1F. The molecule has 0 spiro atoms. The van der Waals surface area contributed by atoms with Crippen molar-refractivity contribution < 1.29 is 45.8 Å². The number of alkyl halides is 3. The number of carbonyl (C=O) groups is 2. The van der Waals surface area contributed by atoms with Crippen LogP contribution in [0.4, 0.5) is 22.0 Å². The molecule has 3 aromatic rings. The highest BCUT2D eigenvalue weighted by molar-refractivity contribution is 5.92. The Balaban J connectivity index is 1.54. The minimum absolute atomic E-state index is 0.00357. The van der Waals surface area contributed by atoms with Gasteiger partial charge in [-0.15, -0.1) is 0 Å². The fourth-order valence-corrected chi connectivity index (χ4v) is 4.83. The van der Waals surface area contributed by atoms with Crippen molar-refractivity contribution in [3.05, 3.63) is 77.5 Å². The first-order chi connectivity index (χ1) is 22.5. The minimum Gasteiger partial charge on any atom is -0.491 e. The molecule has 2 aromatic carbocycles. The first-order valence-corrected chi connectivity index (χ1v) is 16.2. The summed E-state index contributed by atoms with van der Waals surface area (Å²) < 4.78 is 84.8. The van der Waals surface area contributed by atoms with E-state index < -0.39 is 47.8 Å². The normalized spacial score (nSPS) is 12.1. The lowest BCUT2D eigenvalue weighted by atomic mass is 10.1. The van der Waals surface area contributed by atoms with E-state index in [1.165, 1.54) is 56.1 Å². The predicted octanol–water partition coefficient (Wildman–Crippen LogP) is 10.4. The second-order valence-electron chi connectivity index (χ2n) is 11.4. The summed E-state index contributed by atoms with van der Waals surface area (Å²) >= 11 is 0. The summed E-state index contributed by atoms with van der Waals surface area (Å²) in [6.07, 6.45) is 3.83. The number of unbranched alkanes of at least 4 members (excludes halogenated alkanes) is 9. The number of nitrogens with zero attached hydrogens (tertiary/aromatic N) is 1. The number of carbonyl (C=O) groups excluding carboxylic acids is 2. The minimum atomic E-state index is -4.80. The van der Waals surface area contributed by atoms with Gasteiger partial charge in [-0.2, -0.15) is 13.2 Å². The molecule has 0 bridgehead atoms. The molecule has 0 amide bonds. The van der Waals surface area contributed by atoms with E-state index in [0.29, 0.717) is 30.4 Å². The highest BCUT2D eigenvalue weighted by Crippen LogP contribution is 2.29. The Labute approximate surface area is 272 Å². The first-order valence-electron chi connectivity index (χ1n) is 16.2. The number of benzene rings is 2.